The van der Waals surface area contributed by atoms with Crippen molar-refractivity contribution in [2.45, 2.75) is 71.3 Å². The third-order valence-electron chi connectivity index (χ3n) is 3.64. The van der Waals surface area contributed by atoms with Crippen molar-refractivity contribution in [1.82, 2.24) is 0 Å². The van der Waals surface area contributed by atoms with Gasteiger partial charge in [0.2, 0.25) is 0 Å². The van der Waals surface area contributed by atoms with Crippen molar-refractivity contribution in [2.24, 2.45) is 11.7 Å². The minimum absolute atomic E-state index is 0.435. The maximum Gasteiger partial charge on any atom is 0.00765 e. The summed E-state index contributed by atoms with van der Waals surface area (Å²) in [6, 6.07) is 0.435. The molecule has 1 heteroatoms. The molecule has 1 aliphatic carbocycles. The van der Waals surface area contributed by atoms with Gasteiger partial charge >= 0.3 is 0 Å². The lowest BCUT2D eigenvalue weighted by Gasteiger charge is -2.22. The highest BCUT2D eigenvalue weighted by molar-refractivity contribution is 5.08. The van der Waals surface area contributed by atoms with Gasteiger partial charge < -0.3 is 5.73 Å². The zero-order valence-corrected chi connectivity index (χ0v) is 10.5. The van der Waals surface area contributed by atoms with Gasteiger partial charge in [0, 0.05) is 6.04 Å². The van der Waals surface area contributed by atoms with E-state index in [2.05, 4.69) is 19.9 Å². The summed E-state index contributed by atoms with van der Waals surface area (Å²) in [6.45, 7) is 4.61. The predicted octanol–water partition coefficient (Wildman–Crippen LogP) is 4.03. The van der Waals surface area contributed by atoms with Crippen LogP contribution in [0.5, 0.6) is 0 Å². The van der Waals surface area contributed by atoms with E-state index < -0.39 is 0 Å². The lowest BCUT2D eigenvalue weighted by atomic mass is 9.86. The molecule has 1 nitrogen and oxygen atoms in total. The lowest BCUT2D eigenvalue weighted by molar-refractivity contribution is 0.433. The van der Waals surface area contributed by atoms with Gasteiger partial charge in [-0.3, -0.25) is 0 Å². The molecule has 2 atom stereocenters. The predicted molar refractivity (Wildman–Crippen MR) is 67.8 cm³/mol. The summed E-state index contributed by atoms with van der Waals surface area (Å²) in [5, 5.41) is 0. The van der Waals surface area contributed by atoms with Crippen LogP contribution >= 0.6 is 0 Å². The second-order valence-electron chi connectivity index (χ2n) is 5.02. The second-order valence-corrected chi connectivity index (χ2v) is 5.02. The molecule has 0 aromatic heterocycles. The molecular formula is C14H27N. The number of unbranched alkanes of at least 4 members (excludes halogenated alkanes) is 1. The molecule has 2 unspecified atom stereocenters. The summed E-state index contributed by atoms with van der Waals surface area (Å²) in [5.74, 6) is 0.922. The molecule has 0 aromatic carbocycles. The van der Waals surface area contributed by atoms with Gasteiger partial charge in [0.05, 0.1) is 0 Å². The van der Waals surface area contributed by atoms with Gasteiger partial charge in [-0.15, -0.1) is 0 Å². The fourth-order valence-corrected chi connectivity index (χ4v) is 2.41. The van der Waals surface area contributed by atoms with Crippen LogP contribution in [-0.4, -0.2) is 6.04 Å². The van der Waals surface area contributed by atoms with E-state index in [-0.39, 0.29) is 0 Å². The van der Waals surface area contributed by atoms with E-state index in [0.29, 0.717) is 6.04 Å². The summed E-state index contributed by atoms with van der Waals surface area (Å²) in [7, 11) is 0. The summed E-state index contributed by atoms with van der Waals surface area (Å²) in [5.41, 5.74) is 7.58. The summed E-state index contributed by atoms with van der Waals surface area (Å²) in [6.07, 6.45) is 12.8. The third-order valence-corrected chi connectivity index (χ3v) is 3.64. The largest absolute Gasteiger partial charge is 0.327 e. The van der Waals surface area contributed by atoms with Gasteiger partial charge in [-0.25, -0.2) is 0 Å². The number of hydrogen-bond acceptors (Lipinski definition) is 1. The van der Waals surface area contributed by atoms with E-state index in [1.165, 1.54) is 44.9 Å². The second kappa shape index (κ2) is 7.05. The number of hydrogen-bond donors (Lipinski definition) is 1. The molecule has 0 fully saturated rings. The Labute approximate surface area is 95.1 Å². The number of allylic oxidation sites excluding steroid dienone is 1. The minimum atomic E-state index is 0.435. The summed E-state index contributed by atoms with van der Waals surface area (Å²) >= 11 is 0. The van der Waals surface area contributed by atoms with Crippen molar-refractivity contribution >= 4 is 0 Å². The summed E-state index contributed by atoms with van der Waals surface area (Å²) < 4.78 is 0. The quantitative estimate of drug-likeness (QED) is 0.657. The maximum absolute atomic E-state index is 5.90. The maximum atomic E-state index is 5.90. The molecule has 0 amide bonds. The van der Waals surface area contributed by atoms with E-state index >= 15 is 0 Å². The molecule has 0 saturated carbocycles. The standard InChI is InChI=1S/C14H27N/c1-3-5-6-12(4-2)11-13-7-9-14(15)10-8-13/h7,12,14H,3-6,8-11,15H2,1-2H3. The molecule has 0 heterocycles. The molecule has 1 aliphatic rings. The normalized spacial score (nSPS) is 23.7. The number of rotatable bonds is 6. The highest BCUT2D eigenvalue weighted by atomic mass is 14.6. The van der Waals surface area contributed by atoms with Gasteiger partial charge in [-0.05, 0) is 31.6 Å². The first kappa shape index (κ1) is 12.8. The molecule has 0 saturated heterocycles. The van der Waals surface area contributed by atoms with Crippen LogP contribution in [-0.2, 0) is 0 Å². The Kier molecular flexibility index (Phi) is 6.00. The molecule has 88 valence electrons. The molecule has 2 N–H and O–H groups in total. The first-order valence-corrected chi connectivity index (χ1v) is 6.69. The highest BCUT2D eigenvalue weighted by Crippen LogP contribution is 2.27. The Morgan fingerprint density at radius 1 is 1.47 bits per heavy atom. The average Bonchev–Trinajstić information content (AvgIpc) is 2.27. The Morgan fingerprint density at radius 3 is 2.80 bits per heavy atom. The van der Waals surface area contributed by atoms with E-state index in [1.54, 1.807) is 5.57 Å². The third kappa shape index (κ3) is 4.83. The van der Waals surface area contributed by atoms with E-state index in [0.717, 1.165) is 12.3 Å². The van der Waals surface area contributed by atoms with Crippen LogP contribution in [0, 0.1) is 5.92 Å². The molecule has 1 rings (SSSR count). The minimum Gasteiger partial charge on any atom is -0.327 e. The van der Waals surface area contributed by atoms with Crippen LogP contribution in [0.1, 0.15) is 65.2 Å². The smallest absolute Gasteiger partial charge is 0.00765 e. The Bertz CT molecular complexity index is 196. The van der Waals surface area contributed by atoms with Gasteiger partial charge in [0.15, 0.2) is 0 Å². The van der Waals surface area contributed by atoms with E-state index in [4.69, 9.17) is 5.73 Å². The Balaban J connectivity index is 2.31. The van der Waals surface area contributed by atoms with Crippen molar-refractivity contribution in [1.29, 1.82) is 0 Å². The van der Waals surface area contributed by atoms with Crippen molar-refractivity contribution in [3.63, 3.8) is 0 Å². The van der Waals surface area contributed by atoms with Crippen LogP contribution in [0.25, 0.3) is 0 Å². The van der Waals surface area contributed by atoms with Crippen LogP contribution in [0.4, 0.5) is 0 Å². The topological polar surface area (TPSA) is 26.0 Å². The van der Waals surface area contributed by atoms with Crippen LogP contribution < -0.4 is 5.73 Å². The number of nitrogens with two attached hydrogens (primary N) is 1. The molecule has 0 aliphatic heterocycles. The Hall–Kier alpha value is -0.300. The zero-order valence-electron chi connectivity index (χ0n) is 10.5. The lowest BCUT2D eigenvalue weighted by Crippen LogP contribution is -2.22. The van der Waals surface area contributed by atoms with Crippen molar-refractivity contribution in [2.75, 3.05) is 0 Å². The molecule has 0 aromatic rings. The van der Waals surface area contributed by atoms with Crippen molar-refractivity contribution in [3.05, 3.63) is 11.6 Å². The van der Waals surface area contributed by atoms with Crippen LogP contribution in [0.15, 0.2) is 11.6 Å². The summed E-state index contributed by atoms with van der Waals surface area (Å²) in [4.78, 5) is 0. The van der Waals surface area contributed by atoms with Crippen LogP contribution in [0.2, 0.25) is 0 Å². The fourth-order valence-electron chi connectivity index (χ4n) is 2.41. The van der Waals surface area contributed by atoms with Gasteiger partial charge in [-0.1, -0.05) is 51.2 Å². The first-order valence-electron chi connectivity index (χ1n) is 6.69. The Morgan fingerprint density at radius 2 is 2.27 bits per heavy atom. The van der Waals surface area contributed by atoms with E-state index in [9.17, 15) is 0 Å². The fraction of sp³-hybridized carbons (Fsp3) is 0.857. The van der Waals surface area contributed by atoms with Gasteiger partial charge in [-0.2, -0.15) is 0 Å². The van der Waals surface area contributed by atoms with Gasteiger partial charge in [0.25, 0.3) is 0 Å². The zero-order chi connectivity index (χ0) is 11.1. The first-order chi connectivity index (χ1) is 7.26. The van der Waals surface area contributed by atoms with Gasteiger partial charge in [0.1, 0.15) is 0 Å². The highest BCUT2D eigenvalue weighted by Gasteiger charge is 2.13. The SMILES string of the molecule is CCCCC(CC)CC1=CCC(N)CC1. The van der Waals surface area contributed by atoms with Crippen LogP contribution in [0.3, 0.4) is 0 Å². The molecule has 0 bridgehead atoms. The molecule has 0 spiro atoms. The van der Waals surface area contributed by atoms with Crippen molar-refractivity contribution in [3.8, 4) is 0 Å². The van der Waals surface area contributed by atoms with Crippen molar-refractivity contribution < 1.29 is 0 Å². The molecular weight excluding hydrogens is 182 g/mol. The average molecular weight is 209 g/mol. The monoisotopic (exact) mass is 209 g/mol. The molecule has 0 radical (unpaired) electrons. The molecule has 15 heavy (non-hydrogen) atoms. The van der Waals surface area contributed by atoms with E-state index in [1.807, 2.05) is 0 Å².